The van der Waals surface area contributed by atoms with E-state index in [4.69, 9.17) is 16.3 Å². The van der Waals surface area contributed by atoms with Gasteiger partial charge in [0.15, 0.2) is 5.82 Å². The number of ether oxygens (including phenoxy) is 1. The standard InChI is InChI=1S/C18H14ClF2N3O2/c1-26-16-5-3-2-4-11(16)9-22-14-10-23-24(18(25)17(14)19)15-7-6-12(20)8-13(15)21/h2-8,10,22H,9H2,1H3. The first kappa shape index (κ1) is 17.9. The van der Waals surface area contributed by atoms with Gasteiger partial charge in [-0.2, -0.15) is 9.78 Å². The summed E-state index contributed by atoms with van der Waals surface area (Å²) in [4.78, 5) is 12.4. The molecule has 0 aliphatic carbocycles. The molecule has 0 atom stereocenters. The summed E-state index contributed by atoms with van der Waals surface area (Å²) in [5.74, 6) is -0.975. The highest BCUT2D eigenvalue weighted by molar-refractivity contribution is 6.32. The van der Waals surface area contributed by atoms with Gasteiger partial charge in [-0.05, 0) is 18.2 Å². The minimum absolute atomic E-state index is 0.154. The summed E-state index contributed by atoms with van der Waals surface area (Å²) in [7, 11) is 1.56. The zero-order valence-electron chi connectivity index (χ0n) is 13.7. The average Bonchev–Trinajstić information content (AvgIpc) is 2.64. The van der Waals surface area contributed by atoms with Crippen LogP contribution in [0.3, 0.4) is 0 Å². The molecule has 0 fully saturated rings. The van der Waals surface area contributed by atoms with E-state index in [1.165, 1.54) is 6.20 Å². The van der Waals surface area contributed by atoms with Crippen molar-refractivity contribution in [1.82, 2.24) is 9.78 Å². The summed E-state index contributed by atoms with van der Waals surface area (Å²) in [5, 5.41) is 6.77. The lowest BCUT2D eigenvalue weighted by Gasteiger charge is -2.12. The van der Waals surface area contributed by atoms with Gasteiger partial charge in [-0.3, -0.25) is 4.79 Å². The largest absolute Gasteiger partial charge is 0.496 e. The van der Waals surface area contributed by atoms with E-state index in [0.29, 0.717) is 24.0 Å². The van der Waals surface area contributed by atoms with Crippen LogP contribution in [0.2, 0.25) is 5.02 Å². The summed E-state index contributed by atoms with van der Waals surface area (Å²) >= 11 is 6.11. The van der Waals surface area contributed by atoms with Crippen LogP contribution >= 0.6 is 11.6 Å². The highest BCUT2D eigenvalue weighted by Gasteiger charge is 2.14. The predicted octanol–water partition coefficient (Wildman–Crippen LogP) is 3.78. The summed E-state index contributed by atoms with van der Waals surface area (Å²) < 4.78 is 33.0. The summed E-state index contributed by atoms with van der Waals surface area (Å²) in [6.07, 6.45) is 1.31. The van der Waals surface area contributed by atoms with Gasteiger partial charge in [0.2, 0.25) is 0 Å². The Hall–Kier alpha value is -2.93. The zero-order valence-corrected chi connectivity index (χ0v) is 14.4. The Morgan fingerprint density at radius 2 is 2.00 bits per heavy atom. The van der Waals surface area contributed by atoms with Gasteiger partial charge >= 0.3 is 0 Å². The maximum Gasteiger partial charge on any atom is 0.292 e. The maximum absolute atomic E-state index is 13.9. The number of benzene rings is 2. The van der Waals surface area contributed by atoms with Gasteiger partial charge in [-0.15, -0.1) is 0 Å². The molecular weight excluding hydrogens is 364 g/mol. The van der Waals surface area contributed by atoms with Crippen molar-refractivity contribution in [3.63, 3.8) is 0 Å². The summed E-state index contributed by atoms with van der Waals surface area (Å²) in [6, 6.07) is 10.2. The lowest BCUT2D eigenvalue weighted by molar-refractivity contribution is 0.410. The molecule has 0 saturated carbocycles. The van der Waals surface area contributed by atoms with Crippen molar-refractivity contribution in [2.75, 3.05) is 12.4 Å². The van der Waals surface area contributed by atoms with Crippen molar-refractivity contribution in [2.24, 2.45) is 0 Å². The van der Waals surface area contributed by atoms with Gasteiger partial charge < -0.3 is 10.1 Å². The molecule has 5 nitrogen and oxygen atoms in total. The average molecular weight is 378 g/mol. The molecule has 1 heterocycles. The first-order valence-electron chi connectivity index (χ1n) is 7.60. The molecule has 0 saturated heterocycles. The second-order valence-corrected chi connectivity index (χ2v) is 5.73. The Balaban J connectivity index is 1.89. The van der Waals surface area contributed by atoms with Crippen molar-refractivity contribution >= 4 is 17.3 Å². The Kier molecular flexibility index (Phi) is 5.18. The fourth-order valence-electron chi connectivity index (χ4n) is 2.42. The molecule has 26 heavy (non-hydrogen) atoms. The lowest BCUT2D eigenvalue weighted by atomic mass is 10.2. The molecule has 0 unspecified atom stereocenters. The normalized spacial score (nSPS) is 10.6. The molecule has 0 aliphatic heterocycles. The molecule has 0 amide bonds. The third-order valence-electron chi connectivity index (χ3n) is 3.72. The fourth-order valence-corrected chi connectivity index (χ4v) is 2.62. The number of rotatable bonds is 5. The van der Waals surface area contributed by atoms with Crippen LogP contribution in [0.5, 0.6) is 5.75 Å². The Morgan fingerprint density at radius 1 is 1.23 bits per heavy atom. The molecule has 3 rings (SSSR count). The molecule has 134 valence electrons. The van der Waals surface area contributed by atoms with Crippen LogP contribution in [-0.2, 0) is 6.54 Å². The molecule has 0 aliphatic rings. The number of methoxy groups -OCH3 is 1. The minimum atomic E-state index is -0.912. The van der Waals surface area contributed by atoms with Gasteiger partial charge in [-0.25, -0.2) is 8.78 Å². The molecule has 1 aromatic heterocycles. The van der Waals surface area contributed by atoms with Crippen molar-refractivity contribution in [2.45, 2.75) is 6.54 Å². The van der Waals surface area contributed by atoms with Crippen molar-refractivity contribution in [3.05, 3.63) is 81.2 Å². The summed E-state index contributed by atoms with van der Waals surface area (Å²) in [6.45, 7) is 0.347. The van der Waals surface area contributed by atoms with E-state index < -0.39 is 17.2 Å². The lowest BCUT2D eigenvalue weighted by Crippen LogP contribution is -2.23. The Bertz CT molecular complexity index is 1010. The smallest absolute Gasteiger partial charge is 0.292 e. The van der Waals surface area contributed by atoms with Gasteiger partial charge in [0, 0.05) is 18.2 Å². The monoisotopic (exact) mass is 377 g/mol. The van der Waals surface area contributed by atoms with Crippen molar-refractivity contribution < 1.29 is 13.5 Å². The SMILES string of the molecule is COc1ccccc1CNc1cnn(-c2ccc(F)cc2F)c(=O)c1Cl. The number of para-hydroxylation sites is 1. The molecule has 0 bridgehead atoms. The van der Waals surface area contributed by atoms with Crippen LogP contribution in [0.1, 0.15) is 5.56 Å². The number of hydrogen-bond donors (Lipinski definition) is 1. The molecule has 1 N–H and O–H groups in total. The Morgan fingerprint density at radius 3 is 2.73 bits per heavy atom. The van der Waals surface area contributed by atoms with Crippen LogP contribution < -0.4 is 15.6 Å². The van der Waals surface area contributed by atoms with E-state index in [1.807, 2.05) is 24.3 Å². The second-order valence-electron chi connectivity index (χ2n) is 5.35. The molecule has 2 aromatic carbocycles. The highest BCUT2D eigenvalue weighted by atomic mass is 35.5. The highest BCUT2D eigenvalue weighted by Crippen LogP contribution is 2.22. The van der Waals surface area contributed by atoms with E-state index in [9.17, 15) is 13.6 Å². The maximum atomic E-state index is 13.9. The van der Waals surface area contributed by atoms with E-state index >= 15 is 0 Å². The predicted molar refractivity (Wildman–Crippen MR) is 95.1 cm³/mol. The first-order chi connectivity index (χ1) is 12.5. The number of halogens is 3. The molecule has 0 radical (unpaired) electrons. The van der Waals surface area contributed by atoms with Crippen molar-refractivity contribution in [1.29, 1.82) is 0 Å². The van der Waals surface area contributed by atoms with Crippen LogP contribution in [0.25, 0.3) is 5.69 Å². The first-order valence-corrected chi connectivity index (χ1v) is 7.98. The van der Waals surface area contributed by atoms with Crippen LogP contribution in [0.4, 0.5) is 14.5 Å². The third kappa shape index (κ3) is 3.52. The quantitative estimate of drug-likeness (QED) is 0.735. The molecule has 0 spiro atoms. The van der Waals surface area contributed by atoms with E-state index in [1.54, 1.807) is 7.11 Å². The zero-order chi connectivity index (χ0) is 18.7. The number of aromatic nitrogens is 2. The number of nitrogens with zero attached hydrogens (tertiary/aromatic N) is 2. The van der Waals surface area contributed by atoms with Gasteiger partial charge in [0.1, 0.15) is 22.3 Å². The van der Waals surface area contributed by atoms with Crippen LogP contribution in [0, 0.1) is 11.6 Å². The minimum Gasteiger partial charge on any atom is -0.496 e. The van der Waals surface area contributed by atoms with Gasteiger partial charge in [0.05, 0.1) is 19.0 Å². The summed E-state index contributed by atoms with van der Waals surface area (Å²) in [5.41, 5.74) is 0.248. The number of anilines is 1. The van der Waals surface area contributed by atoms with Gasteiger partial charge in [-0.1, -0.05) is 29.8 Å². The topological polar surface area (TPSA) is 56.1 Å². The molecule has 8 heteroatoms. The van der Waals surface area contributed by atoms with Crippen LogP contribution in [-0.4, -0.2) is 16.9 Å². The second kappa shape index (κ2) is 7.53. The molecule has 3 aromatic rings. The van der Waals surface area contributed by atoms with E-state index in [2.05, 4.69) is 10.4 Å². The van der Waals surface area contributed by atoms with Crippen LogP contribution in [0.15, 0.2) is 53.5 Å². The van der Waals surface area contributed by atoms with E-state index in [-0.39, 0.29) is 10.7 Å². The number of nitrogens with one attached hydrogen (secondary N) is 1. The van der Waals surface area contributed by atoms with Gasteiger partial charge in [0.25, 0.3) is 5.56 Å². The number of hydrogen-bond acceptors (Lipinski definition) is 4. The van der Waals surface area contributed by atoms with E-state index in [0.717, 1.165) is 22.4 Å². The fraction of sp³-hybridized carbons (Fsp3) is 0.111. The molecular formula is C18H14ClF2N3O2. The third-order valence-corrected chi connectivity index (χ3v) is 4.08. The Labute approximate surface area is 152 Å². The van der Waals surface area contributed by atoms with Crippen molar-refractivity contribution in [3.8, 4) is 11.4 Å².